The smallest absolute Gasteiger partial charge is 0.319 e. The van der Waals surface area contributed by atoms with Crippen LogP contribution >= 0.6 is 0 Å². The molecule has 1 saturated carbocycles. The summed E-state index contributed by atoms with van der Waals surface area (Å²) >= 11 is 0. The minimum atomic E-state index is -0.178. The first kappa shape index (κ1) is 14.9. The number of hydrogen-bond acceptors (Lipinski definition) is 2. The summed E-state index contributed by atoms with van der Waals surface area (Å²) in [5.74, 6) is 0.189. The van der Waals surface area contributed by atoms with Crippen molar-refractivity contribution < 1.29 is 9.90 Å². The molecule has 0 radical (unpaired) electrons. The average Bonchev–Trinajstić information content (AvgIpc) is 2.42. The molecule has 1 aromatic carbocycles. The molecule has 4 heteroatoms. The van der Waals surface area contributed by atoms with E-state index in [0.717, 1.165) is 36.9 Å². The lowest BCUT2D eigenvalue weighted by molar-refractivity contribution is 0.156. The van der Waals surface area contributed by atoms with E-state index in [1.165, 1.54) is 5.56 Å². The Morgan fingerprint density at radius 1 is 1.30 bits per heavy atom. The van der Waals surface area contributed by atoms with Gasteiger partial charge in [-0.25, -0.2) is 4.79 Å². The van der Waals surface area contributed by atoms with Crippen LogP contribution in [-0.2, 0) is 0 Å². The van der Waals surface area contributed by atoms with Gasteiger partial charge in [0.1, 0.15) is 0 Å². The summed E-state index contributed by atoms with van der Waals surface area (Å²) in [7, 11) is 0. The van der Waals surface area contributed by atoms with Gasteiger partial charge in [0.25, 0.3) is 0 Å². The first-order valence-electron chi connectivity index (χ1n) is 7.36. The van der Waals surface area contributed by atoms with Gasteiger partial charge < -0.3 is 15.7 Å². The van der Waals surface area contributed by atoms with Crippen LogP contribution in [0.3, 0.4) is 0 Å². The number of carbonyl (C=O) groups excluding carboxylic acids is 1. The van der Waals surface area contributed by atoms with E-state index >= 15 is 0 Å². The first-order chi connectivity index (χ1) is 9.60. The fourth-order valence-electron chi connectivity index (χ4n) is 2.90. The van der Waals surface area contributed by atoms with Gasteiger partial charge in [0.2, 0.25) is 0 Å². The molecule has 2 rings (SSSR count). The van der Waals surface area contributed by atoms with Gasteiger partial charge in [-0.1, -0.05) is 30.5 Å². The van der Waals surface area contributed by atoms with Crippen LogP contribution in [0.5, 0.6) is 0 Å². The Morgan fingerprint density at radius 2 is 2.05 bits per heavy atom. The number of aliphatic hydroxyl groups excluding tert-OH is 1. The normalized spacial score (nSPS) is 22.4. The second kappa shape index (κ2) is 6.75. The van der Waals surface area contributed by atoms with Crippen LogP contribution in [0, 0.1) is 19.8 Å². The molecule has 1 fully saturated rings. The van der Waals surface area contributed by atoms with Crippen molar-refractivity contribution in [2.75, 3.05) is 11.9 Å². The monoisotopic (exact) mass is 276 g/mol. The van der Waals surface area contributed by atoms with E-state index in [0.29, 0.717) is 0 Å². The molecule has 2 amide bonds. The Morgan fingerprint density at radius 3 is 2.75 bits per heavy atom. The molecule has 3 N–H and O–H groups in total. The van der Waals surface area contributed by atoms with Crippen LogP contribution < -0.4 is 10.6 Å². The van der Waals surface area contributed by atoms with Crippen molar-refractivity contribution in [2.24, 2.45) is 5.92 Å². The highest BCUT2D eigenvalue weighted by Gasteiger charge is 2.25. The number of aliphatic hydroxyl groups is 1. The second-order valence-electron chi connectivity index (χ2n) is 5.75. The second-order valence-corrected chi connectivity index (χ2v) is 5.75. The first-order valence-corrected chi connectivity index (χ1v) is 7.36. The third-order valence-corrected chi connectivity index (χ3v) is 4.09. The van der Waals surface area contributed by atoms with E-state index in [1.807, 2.05) is 32.0 Å². The van der Waals surface area contributed by atoms with Crippen LogP contribution in [0.2, 0.25) is 0 Å². The Kier molecular flexibility index (Phi) is 5.01. The zero-order chi connectivity index (χ0) is 14.5. The molecule has 1 aliphatic carbocycles. The highest BCUT2D eigenvalue weighted by atomic mass is 16.3. The van der Waals surface area contributed by atoms with Crippen LogP contribution in [-0.4, -0.2) is 23.8 Å². The van der Waals surface area contributed by atoms with Gasteiger partial charge in [-0.05, 0) is 38.3 Å². The average molecular weight is 276 g/mol. The van der Waals surface area contributed by atoms with Crippen LogP contribution in [0.15, 0.2) is 18.2 Å². The summed E-state index contributed by atoms with van der Waals surface area (Å²) < 4.78 is 0. The van der Waals surface area contributed by atoms with E-state index in [4.69, 9.17) is 0 Å². The predicted octanol–water partition coefficient (Wildman–Crippen LogP) is 2.98. The topological polar surface area (TPSA) is 61.4 Å². The zero-order valence-corrected chi connectivity index (χ0v) is 12.3. The molecule has 0 spiro atoms. The van der Waals surface area contributed by atoms with Gasteiger partial charge in [-0.2, -0.15) is 0 Å². The maximum atomic E-state index is 12.1. The maximum Gasteiger partial charge on any atom is 0.319 e. The summed E-state index contributed by atoms with van der Waals surface area (Å²) in [5.41, 5.74) is 3.08. The van der Waals surface area contributed by atoms with E-state index in [9.17, 15) is 9.90 Å². The van der Waals surface area contributed by atoms with Crippen molar-refractivity contribution in [1.82, 2.24) is 5.32 Å². The van der Waals surface area contributed by atoms with Gasteiger partial charge in [0.15, 0.2) is 0 Å². The molecule has 0 aliphatic heterocycles. The van der Waals surface area contributed by atoms with Crippen molar-refractivity contribution in [3.05, 3.63) is 29.3 Å². The van der Waals surface area contributed by atoms with Gasteiger partial charge in [-0.3, -0.25) is 0 Å². The van der Waals surface area contributed by atoms with Crippen LogP contribution in [0.1, 0.15) is 36.8 Å². The third-order valence-electron chi connectivity index (χ3n) is 4.09. The number of benzene rings is 1. The molecule has 0 unspecified atom stereocenters. The summed E-state index contributed by atoms with van der Waals surface area (Å²) in [6.45, 7) is 4.17. The van der Waals surface area contributed by atoms with Crippen molar-refractivity contribution >= 4 is 11.7 Å². The molecule has 1 aromatic rings. The van der Waals surface area contributed by atoms with Crippen LogP contribution in [0.4, 0.5) is 10.5 Å². The van der Waals surface area contributed by atoms with Crippen molar-refractivity contribution in [3.8, 4) is 0 Å². The number of hydrogen-bond donors (Lipinski definition) is 3. The van der Waals surface area contributed by atoms with Gasteiger partial charge in [0, 0.05) is 24.3 Å². The lowest BCUT2D eigenvalue weighted by Crippen LogP contribution is -2.45. The molecule has 110 valence electrons. The molecular formula is C16H24N2O2. The highest BCUT2D eigenvalue weighted by molar-refractivity contribution is 5.90. The summed E-state index contributed by atoms with van der Waals surface area (Å²) in [6, 6.07) is 5.86. The largest absolute Gasteiger partial charge is 0.396 e. The number of rotatable bonds is 3. The van der Waals surface area contributed by atoms with Crippen LogP contribution in [0.25, 0.3) is 0 Å². The van der Waals surface area contributed by atoms with E-state index in [1.54, 1.807) is 0 Å². The Bertz CT molecular complexity index is 474. The Balaban J connectivity index is 1.94. The SMILES string of the molecule is Cc1ccc(NC(=O)N[C@H]2CCCC[C@@H]2CO)c(C)c1. The molecule has 0 aromatic heterocycles. The minimum absolute atomic E-state index is 0.0829. The molecule has 0 bridgehead atoms. The van der Waals surface area contributed by atoms with E-state index in [-0.39, 0.29) is 24.6 Å². The summed E-state index contributed by atoms with van der Waals surface area (Å²) in [4.78, 5) is 12.1. The number of anilines is 1. The molecular weight excluding hydrogens is 252 g/mol. The number of amides is 2. The van der Waals surface area contributed by atoms with E-state index in [2.05, 4.69) is 10.6 Å². The van der Waals surface area contributed by atoms with Crippen molar-refractivity contribution in [2.45, 2.75) is 45.6 Å². The highest BCUT2D eigenvalue weighted by Crippen LogP contribution is 2.24. The summed E-state index contributed by atoms with van der Waals surface area (Å²) in [6.07, 6.45) is 4.20. The molecule has 0 heterocycles. The molecule has 0 saturated heterocycles. The molecule has 20 heavy (non-hydrogen) atoms. The number of nitrogens with one attached hydrogen (secondary N) is 2. The van der Waals surface area contributed by atoms with Gasteiger partial charge >= 0.3 is 6.03 Å². The van der Waals surface area contributed by atoms with Crippen molar-refractivity contribution in [1.29, 1.82) is 0 Å². The van der Waals surface area contributed by atoms with Gasteiger partial charge in [-0.15, -0.1) is 0 Å². The lowest BCUT2D eigenvalue weighted by atomic mass is 9.85. The summed E-state index contributed by atoms with van der Waals surface area (Å²) in [5, 5.41) is 15.3. The molecule has 2 atom stereocenters. The number of carbonyl (C=O) groups is 1. The minimum Gasteiger partial charge on any atom is -0.396 e. The van der Waals surface area contributed by atoms with E-state index < -0.39 is 0 Å². The quantitative estimate of drug-likeness (QED) is 0.795. The maximum absolute atomic E-state index is 12.1. The van der Waals surface area contributed by atoms with Gasteiger partial charge in [0.05, 0.1) is 0 Å². The lowest BCUT2D eigenvalue weighted by Gasteiger charge is -2.30. The fourth-order valence-corrected chi connectivity index (χ4v) is 2.90. The Labute approximate surface area is 120 Å². The Hall–Kier alpha value is -1.55. The number of urea groups is 1. The molecule has 1 aliphatic rings. The third kappa shape index (κ3) is 3.73. The molecule has 4 nitrogen and oxygen atoms in total. The zero-order valence-electron chi connectivity index (χ0n) is 12.3. The fraction of sp³-hybridized carbons (Fsp3) is 0.562. The standard InChI is InChI=1S/C16H24N2O2/c1-11-7-8-14(12(2)9-11)17-16(20)18-15-6-4-3-5-13(15)10-19/h7-9,13,15,19H,3-6,10H2,1-2H3,(H2,17,18,20)/t13-,15+/m1/s1. The number of aryl methyl sites for hydroxylation is 2. The van der Waals surface area contributed by atoms with Crippen molar-refractivity contribution in [3.63, 3.8) is 0 Å². The predicted molar refractivity (Wildman–Crippen MR) is 80.9 cm³/mol.